The van der Waals surface area contributed by atoms with E-state index in [1.807, 2.05) is 18.4 Å². The number of ketones is 1. The molecule has 0 radical (unpaired) electrons. The van der Waals surface area contributed by atoms with E-state index in [4.69, 9.17) is 9.47 Å². The lowest BCUT2D eigenvalue weighted by atomic mass is 9.98. The zero-order valence-electron chi connectivity index (χ0n) is 16.5. The Morgan fingerprint density at radius 3 is 2.43 bits per heavy atom. The minimum absolute atomic E-state index is 0.0859. The third-order valence-electron chi connectivity index (χ3n) is 4.99. The number of hydrogen-bond donors (Lipinski definition) is 1. The summed E-state index contributed by atoms with van der Waals surface area (Å²) in [6.45, 7) is 1.92. The summed E-state index contributed by atoms with van der Waals surface area (Å²) in [4.78, 5) is 29.2. The summed E-state index contributed by atoms with van der Waals surface area (Å²) < 4.78 is 10.7. The quantitative estimate of drug-likeness (QED) is 0.550. The van der Waals surface area contributed by atoms with Gasteiger partial charge in [0.2, 0.25) is 5.78 Å². The number of Topliss-reactive ketones (excluding diaryl/α,β-unsaturated/α-hetero) is 1. The number of anilines is 1. The number of aliphatic hydroxyl groups excluding tert-OH is 1. The average Bonchev–Trinajstić information content (AvgIpc) is 3.48. The van der Waals surface area contributed by atoms with Crippen LogP contribution in [0.4, 0.5) is 5.69 Å². The number of amides is 1. The first-order valence-corrected chi connectivity index (χ1v) is 10.8. The zero-order chi connectivity index (χ0) is 21.4. The lowest BCUT2D eigenvalue weighted by Crippen LogP contribution is -2.30. The van der Waals surface area contributed by atoms with E-state index in [0.717, 1.165) is 10.4 Å². The van der Waals surface area contributed by atoms with Crippen LogP contribution >= 0.6 is 22.7 Å². The molecule has 0 spiro atoms. The van der Waals surface area contributed by atoms with E-state index < -0.39 is 17.7 Å². The normalized spacial score (nSPS) is 16.3. The molecule has 1 unspecified atom stereocenters. The van der Waals surface area contributed by atoms with Gasteiger partial charge in [0, 0.05) is 16.6 Å². The van der Waals surface area contributed by atoms with Crippen molar-refractivity contribution in [2.24, 2.45) is 0 Å². The van der Waals surface area contributed by atoms with Crippen molar-refractivity contribution in [2.45, 2.75) is 13.0 Å². The highest BCUT2D eigenvalue weighted by molar-refractivity contribution is 7.12. The Balaban J connectivity index is 1.88. The number of ether oxygens (including phenoxy) is 2. The molecule has 4 rings (SSSR count). The number of benzene rings is 1. The molecule has 154 valence electrons. The van der Waals surface area contributed by atoms with Gasteiger partial charge in [-0.1, -0.05) is 6.07 Å². The van der Waals surface area contributed by atoms with Gasteiger partial charge in [0.05, 0.1) is 24.7 Å². The van der Waals surface area contributed by atoms with Crippen LogP contribution < -0.4 is 14.4 Å². The van der Waals surface area contributed by atoms with E-state index in [9.17, 15) is 14.7 Å². The predicted molar refractivity (Wildman–Crippen MR) is 117 cm³/mol. The summed E-state index contributed by atoms with van der Waals surface area (Å²) in [6.07, 6.45) is 0. The van der Waals surface area contributed by atoms with Crippen molar-refractivity contribution in [3.05, 3.63) is 73.8 Å². The van der Waals surface area contributed by atoms with Crippen LogP contribution in [0.5, 0.6) is 11.5 Å². The fraction of sp³-hybridized carbons (Fsp3) is 0.182. The second-order valence-electron chi connectivity index (χ2n) is 6.65. The molecule has 2 aromatic heterocycles. The van der Waals surface area contributed by atoms with Crippen molar-refractivity contribution in [3.63, 3.8) is 0 Å². The number of aryl methyl sites for hydroxylation is 1. The number of carbonyl (C=O) groups is 2. The molecule has 8 heteroatoms. The summed E-state index contributed by atoms with van der Waals surface area (Å²) in [5.41, 5.74) is 1.52. The van der Waals surface area contributed by atoms with Gasteiger partial charge in [-0.2, -0.15) is 0 Å². The van der Waals surface area contributed by atoms with Gasteiger partial charge in [0.25, 0.3) is 5.91 Å². The van der Waals surface area contributed by atoms with Crippen LogP contribution in [-0.4, -0.2) is 31.0 Å². The first-order chi connectivity index (χ1) is 14.5. The molecular weight excluding hydrogens is 422 g/mol. The Hall–Kier alpha value is -3.10. The molecule has 1 aliphatic rings. The fourth-order valence-corrected chi connectivity index (χ4v) is 5.23. The maximum Gasteiger partial charge on any atom is 0.294 e. The Morgan fingerprint density at radius 2 is 1.83 bits per heavy atom. The molecule has 1 aliphatic heterocycles. The molecule has 0 bridgehead atoms. The Bertz CT molecular complexity index is 1150. The second kappa shape index (κ2) is 7.97. The number of thiophene rings is 2. The lowest BCUT2D eigenvalue weighted by molar-refractivity contribution is -0.117. The van der Waals surface area contributed by atoms with Gasteiger partial charge in [0.1, 0.15) is 6.04 Å². The Morgan fingerprint density at radius 1 is 1.07 bits per heavy atom. The number of carbonyl (C=O) groups excluding carboxylic acids is 2. The van der Waals surface area contributed by atoms with Gasteiger partial charge in [-0.15, -0.1) is 22.7 Å². The smallest absolute Gasteiger partial charge is 0.294 e. The topological polar surface area (TPSA) is 76.1 Å². The highest BCUT2D eigenvalue weighted by Gasteiger charge is 2.46. The van der Waals surface area contributed by atoms with E-state index in [0.29, 0.717) is 22.1 Å². The van der Waals surface area contributed by atoms with Crippen molar-refractivity contribution in [3.8, 4) is 11.5 Å². The fourth-order valence-electron chi connectivity index (χ4n) is 3.53. The maximum absolute atomic E-state index is 13.3. The second-order valence-corrected chi connectivity index (χ2v) is 8.55. The van der Waals surface area contributed by atoms with Gasteiger partial charge in [0.15, 0.2) is 17.3 Å². The molecule has 6 nitrogen and oxygen atoms in total. The largest absolute Gasteiger partial charge is 0.503 e. The van der Waals surface area contributed by atoms with Crippen LogP contribution in [0.3, 0.4) is 0 Å². The first-order valence-electron chi connectivity index (χ1n) is 9.08. The van der Waals surface area contributed by atoms with Gasteiger partial charge in [-0.25, -0.2) is 0 Å². The number of rotatable bonds is 6. The van der Waals surface area contributed by atoms with Gasteiger partial charge >= 0.3 is 0 Å². The number of nitrogens with zero attached hydrogens (tertiary/aromatic N) is 1. The molecule has 1 atom stereocenters. The van der Waals surface area contributed by atoms with Crippen LogP contribution in [0.25, 0.3) is 0 Å². The molecule has 3 heterocycles. The molecule has 0 fully saturated rings. The average molecular weight is 442 g/mol. The van der Waals surface area contributed by atoms with Crippen molar-refractivity contribution < 1.29 is 24.2 Å². The molecular formula is C22H19NO5S2. The molecule has 0 aliphatic carbocycles. The molecule has 30 heavy (non-hydrogen) atoms. The summed E-state index contributed by atoms with van der Waals surface area (Å²) >= 11 is 2.72. The number of methoxy groups -OCH3 is 2. The highest BCUT2D eigenvalue weighted by atomic mass is 32.1. The van der Waals surface area contributed by atoms with Gasteiger partial charge < -0.3 is 14.6 Å². The van der Waals surface area contributed by atoms with Crippen LogP contribution in [0, 0.1) is 6.92 Å². The molecule has 1 N–H and O–H groups in total. The molecule has 1 aromatic carbocycles. The van der Waals surface area contributed by atoms with Crippen molar-refractivity contribution in [1.82, 2.24) is 0 Å². The van der Waals surface area contributed by atoms with E-state index in [2.05, 4.69) is 0 Å². The predicted octanol–water partition coefficient (Wildman–Crippen LogP) is 4.92. The van der Waals surface area contributed by atoms with Crippen LogP contribution in [0.1, 0.15) is 26.2 Å². The van der Waals surface area contributed by atoms with Crippen molar-refractivity contribution in [1.29, 1.82) is 0 Å². The molecule has 0 saturated carbocycles. The maximum atomic E-state index is 13.3. The van der Waals surface area contributed by atoms with E-state index in [-0.39, 0.29) is 11.4 Å². The van der Waals surface area contributed by atoms with Crippen LogP contribution in [-0.2, 0) is 4.79 Å². The van der Waals surface area contributed by atoms with Crippen molar-refractivity contribution >= 4 is 40.1 Å². The lowest BCUT2D eigenvalue weighted by Gasteiger charge is -2.27. The third kappa shape index (κ3) is 3.18. The highest BCUT2D eigenvalue weighted by Crippen LogP contribution is 2.46. The van der Waals surface area contributed by atoms with Crippen LogP contribution in [0.15, 0.2) is 58.5 Å². The van der Waals surface area contributed by atoms with E-state index in [1.165, 1.54) is 41.8 Å². The summed E-state index contributed by atoms with van der Waals surface area (Å²) in [7, 11) is 3.04. The van der Waals surface area contributed by atoms with E-state index in [1.54, 1.807) is 35.7 Å². The summed E-state index contributed by atoms with van der Waals surface area (Å²) in [5.74, 6) is -0.539. The minimum Gasteiger partial charge on any atom is -0.503 e. The Kier molecular flexibility index (Phi) is 5.36. The molecule has 0 saturated heterocycles. The van der Waals surface area contributed by atoms with E-state index >= 15 is 0 Å². The Labute approximate surface area is 181 Å². The standard InChI is InChI=1S/C22H19NO5S2/c1-12-8-10-30-21(12)18-17(19(24)16-5-4-9-29-16)20(25)22(26)23(18)13-6-7-14(27-2)15(11-13)28-3/h4-11,18,25H,1-3H3. The molecule has 3 aromatic rings. The minimum atomic E-state index is -0.731. The van der Waals surface area contributed by atoms with Gasteiger partial charge in [-0.3, -0.25) is 14.5 Å². The third-order valence-corrected chi connectivity index (χ3v) is 6.93. The monoisotopic (exact) mass is 441 g/mol. The number of aliphatic hydroxyl groups is 1. The first kappa shape index (κ1) is 20.2. The summed E-state index contributed by atoms with van der Waals surface area (Å²) in [6, 6.07) is 9.72. The molecule has 1 amide bonds. The SMILES string of the molecule is COc1ccc(N2C(=O)C(O)=C(C(=O)c3cccs3)C2c2sccc2C)cc1OC. The summed E-state index contributed by atoms with van der Waals surface area (Å²) in [5, 5.41) is 14.5. The zero-order valence-corrected chi connectivity index (χ0v) is 18.2. The van der Waals surface area contributed by atoms with Gasteiger partial charge in [-0.05, 0) is 47.5 Å². The van der Waals surface area contributed by atoms with Crippen LogP contribution in [0.2, 0.25) is 0 Å². The number of hydrogen-bond acceptors (Lipinski definition) is 7. The van der Waals surface area contributed by atoms with Crippen molar-refractivity contribution in [2.75, 3.05) is 19.1 Å².